The minimum atomic E-state index is -0.578. The number of nitrogens with two attached hydrogens (primary N) is 1. The van der Waals surface area contributed by atoms with E-state index in [-0.39, 0.29) is 5.91 Å². The number of hydrogen-bond acceptors (Lipinski definition) is 5. The zero-order chi connectivity index (χ0) is 16.8. The summed E-state index contributed by atoms with van der Waals surface area (Å²) in [6.45, 7) is 0. The van der Waals surface area contributed by atoms with Crippen LogP contribution in [0.5, 0.6) is 11.5 Å². The highest BCUT2D eigenvalue weighted by Crippen LogP contribution is 2.28. The molecule has 3 N–H and O–H groups in total. The standard InChI is InChI=1S/C16H16N2O4S/c1-21-12-5-3-10(9-13(12)22-2)4-6-14(19)18-16-11(15(17)20)7-8-23-16/h3-9H,1-2H3,(H2,17,20)(H,18,19). The Labute approximate surface area is 137 Å². The van der Waals surface area contributed by atoms with Crippen molar-refractivity contribution in [3.8, 4) is 11.5 Å². The van der Waals surface area contributed by atoms with Crippen molar-refractivity contribution < 1.29 is 19.1 Å². The Hall–Kier alpha value is -2.80. The van der Waals surface area contributed by atoms with Crippen LogP contribution in [-0.4, -0.2) is 26.0 Å². The van der Waals surface area contributed by atoms with Crippen molar-refractivity contribution in [3.63, 3.8) is 0 Å². The smallest absolute Gasteiger partial charge is 0.251 e. The van der Waals surface area contributed by atoms with Crippen LogP contribution >= 0.6 is 11.3 Å². The zero-order valence-corrected chi connectivity index (χ0v) is 13.5. The lowest BCUT2D eigenvalue weighted by molar-refractivity contribution is -0.111. The second kappa shape index (κ2) is 7.46. The molecule has 1 heterocycles. The minimum absolute atomic E-state index is 0.294. The number of amides is 2. The zero-order valence-electron chi connectivity index (χ0n) is 12.7. The summed E-state index contributed by atoms with van der Waals surface area (Å²) < 4.78 is 10.4. The first-order chi connectivity index (χ1) is 11.0. The molecule has 0 atom stereocenters. The second-order valence-corrected chi connectivity index (χ2v) is 5.38. The van der Waals surface area contributed by atoms with Crippen LogP contribution in [-0.2, 0) is 4.79 Å². The van der Waals surface area contributed by atoms with E-state index in [1.807, 2.05) is 0 Å². The van der Waals surface area contributed by atoms with Gasteiger partial charge < -0.3 is 20.5 Å². The van der Waals surface area contributed by atoms with E-state index in [4.69, 9.17) is 15.2 Å². The third-order valence-corrected chi connectivity index (χ3v) is 3.83. The van der Waals surface area contributed by atoms with Crippen LogP contribution in [0.4, 0.5) is 5.00 Å². The van der Waals surface area contributed by atoms with E-state index >= 15 is 0 Å². The molecule has 6 nitrogen and oxygen atoms in total. The summed E-state index contributed by atoms with van der Waals surface area (Å²) in [7, 11) is 3.10. The fourth-order valence-corrected chi connectivity index (χ4v) is 2.68. The number of benzene rings is 1. The van der Waals surface area contributed by atoms with Gasteiger partial charge in [-0.3, -0.25) is 9.59 Å². The van der Waals surface area contributed by atoms with Gasteiger partial charge in [0, 0.05) is 6.08 Å². The molecule has 0 saturated heterocycles. The Morgan fingerprint density at radius 2 is 1.91 bits per heavy atom. The van der Waals surface area contributed by atoms with Crippen LogP contribution in [0.3, 0.4) is 0 Å². The van der Waals surface area contributed by atoms with E-state index in [1.54, 1.807) is 49.9 Å². The molecule has 0 bridgehead atoms. The molecular weight excluding hydrogens is 316 g/mol. The van der Waals surface area contributed by atoms with E-state index in [0.29, 0.717) is 22.1 Å². The van der Waals surface area contributed by atoms with Gasteiger partial charge in [-0.05, 0) is 35.2 Å². The molecule has 2 rings (SSSR count). The summed E-state index contributed by atoms with van der Waals surface area (Å²) in [4.78, 5) is 23.1. The van der Waals surface area contributed by atoms with Crippen molar-refractivity contribution in [2.24, 2.45) is 5.73 Å². The Morgan fingerprint density at radius 3 is 2.57 bits per heavy atom. The minimum Gasteiger partial charge on any atom is -0.493 e. The van der Waals surface area contributed by atoms with Crippen molar-refractivity contribution in [1.82, 2.24) is 0 Å². The maximum atomic E-state index is 11.9. The molecule has 2 aromatic rings. The molecule has 2 amide bonds. The van der Waals surface area contributed by atoms with Crippen LogP contribution in [0.1, 0.15) is 15.9 Å². The van der Waals surface area contributed by atoms with Crippen molar-refractivity contribution >= 4 is 34.2 Å². The van der Waals surface area contributed by atoms with Crippen molar-refractivity contribution in [2.45, 2.75) is 0 Å². The molecule has 0 saturated carbocycles. The molecule has 0 fully saturated rings. The van der Waals surface area contributed by atoms with Gasteiger partial charge in [0.15, 0.2) is 11.5 Å². The van der Waals surface area contributed by atoms with E-state index < -0.39 is 5.91 Å². The lowest BCUT2D eigenvalue weighted by Crippen LogP contribution is -2.14. The van der Waals surface area contributed by atoms with Gasteiger partial charge in [0.1, 0.15) is 5.00 Å². The fourth-order valence-electron chi connectivity index (χ4n) is 1.88. The highest BCUT2D eigenvalue weighted by atomic mass is 32.1. The van der Waals surface area contributed by atoms with Gasteiger partial charge in [-0.15, -0.1) is 11.3 Å². The van der Waals surface area contributed by atoms with E-state index in [1.165, 1.54) is 17.4 Å². The molecule has 0 unspecified atom stereocenters. The van der Waals surface area contributed by atoms with E-state index in [2.05, 4.69) is 5.32 Å². The van der Waals surface area contributed by atoms with Crippen molar-refractivity contribution in [1.29, 1.82) is 0 Å². The fraction of sp³-hybridized carbons (Fsp3) is 0.125. The van der Waals surface area contributed by atoms with Crippen LogP contribution < -0.4 is 20.5 Å². The van der Waals surface area contributed by atoms with Crippen molar-refractivity contribution in [3.05, 3.63) is 46.8 Å². The monoisotopic (exact) mass is 332 g/mol. The van der Waals surface area contributed by atoms with Crippen LogP contribution in [0, 0.1) is 0 Å². The van der Waals surface area contributed by atoms with Gasteiger partial charge in [-0.25, -0.2) is 0 Å². The summed E-state index contributed by atoms with van der Waals surface area (Å²) in [5, 5.41) is 4.75. The summed E-state index contributed by atoms with van der Waals surface area (Å²) >= 11 is 1.24. The van der Waals surface area contributed by atoms with Crippen LogP contribution in [0.15, 0.2) is 35.7 Å². The van der Waals surface area contributed by atoms with Crippen LogP contribution in [0.2, 0.25) is 0 Å². The Bertz CT molecular complexity index is 752. The molecule has 0 aliphatic heterocycles. The normalized spacial score (nSPS) is 10.5. The number of ether oxygens (including phenoxy) is 2. The molecule has 0 aliphatic rings. The van der Waals surface area contributed by atoms with Crippen molar-refractivity contribution in [2.75, 3.05) is 19.5 Å². The van der Waals surface area contributed by atoms with Gasteiger partial charge in [0.25, 0.3) is 5.91 Å². The molecule has 23 heavy (non-hydrogen) atoms. The topological polar surface area (TPSA) is 90.6 Å². The molecule has 0 spiro atoms. The van der Waals surface area contributed by atoms with Crippen LogP contribution in [0.25, 0.3) is 6.08 Å². The number of methoxy groups -OCH3 is 2. The first kappa shape index (κ1) is 16.6. The molecule has 1 aromatic carbocycles. The second-order valence-electron chi connectivity index (χ2n) is 4.46. The average molecular weight is 332 g/mol. The third-order valence-electron chi connectivity index (χ3n) is 3.00. The lowest BCUT2D eigenvalue weighted by atomic mass is 10.2. The van der Waals surface area contributed by atoms with Gasteiger partial charge >= 0.3 is 0 Å². The third kappa shape index (κ3) is 4.10. The number of primary amides is 1. The molecule has 1 aromatic heterocycles. The number of carbonyl (C=O) groups is 2. The molecular formula is C16H16N2O4S. The van der Waals surface area contributed by atoms with Gasteiger partial charge in [-0.2, -0.15) is 0 Å². The molecule has 0 radical (unpaired) electrons. The van der Waals surface area contributed by atoms with E-state index in [9.17, 15) is 9.59 Å². The lowest BCUT2D eigenvalue weighted by Gasteiger charge is -2.07. The first-order valence-electron chi connectivity index (χ1n) is 6.63. The number of carbonyl (C=O) groups excluding carboxylic acids is 2. The highest BCUT2D eigenvalue weighted by molar-refractivity contribution is 7.14. The number of anilines is 1. The van der Waals surface area contributed by atoms with Gasteiger partial charge in [0.05, 0.1) is 19.8 Å². The Balaban J connectivity index is 2.09. The van der Waals surface area contributed by atoms with E-state index in [0.717, 1.165) is 5.56 Å². The maximum Gasteiger partial charge on any atom is 0.251 e. The maximum absolute atomic E-state index is 11.9. The highest BCUT2D eigenvalue weighted by Gasteiger charge is 2.11. The van der Waals surface area contributed by atoms with Gasteiger partial charge in [0.2, 0.25) is 5.91 Å². The Kier molecular flexibility index (Phi) is 5.37. The molecule has 120 valence electrons. The average Bonchev–Trinajstić information content (AvgIpc) is 3.00. The summed E-state index contributed by atoms with van der Waals surface area (Å²) in [6.07, 6.45) is 3.00. The number of thiophene rings is 1. The first-order valence-corrected chi connectivity index (χ1v) is 7.51. The Morgan fingerprint density at radius 1 is 1.17 bits per heavy atom. The number of rotatable bonds is 6. The summed E-state index contributed by atoms with van der Waals surface area (Å²) in [5.41, 5.74) is 6.30. The molecule has 0 aliphatic carbocycles. The predicted molar refractivity (Wildman–Crippen MR) is 90.0 cm³/mol. The van der Waals surface area contributed by atoms with Gasteiger partial charge in [-0.1, -0.05) is 6.07 Å². The largest absolute Gasteiger partial charge is 0.493 e. The number of hydrogen-bond donors (Lipinski definition) is 2. The molecule has 7 heteroatoms. The quantitative estimate of drug-likeness (QED) is 0.795. The number of nitrogens with one attached hydrogen (secondary N) is 1. The SMILES string of the molecule is COc1ccc(C=CC(=O)Nc2sccc2C(N)=O)cc1OC. The summed E-state index contributed by atoms with van der Waals surface area (Å²) in [6, 6.07) is 6.87. The predicted octanol–water partition coefficient (Wildman–Crippen LogP) is 2.52. The summed E-state index contributed by atoms with van der Waals surface area (Å²) in [5.74, 6) is 0.248.